The zero-order valence-corrected chi connectivity index (χ0v) is 20.8. The van der Waals surface area contributed by atoms with E-state index in [0.717, 1.165) is 4.82 Å². The summed E-state index contributed by atoms with van der Waals surface area (Å²) in [4.78, 5) is 0.968. The predicted octanol–water partition coefficient (Wildman–Crippen LogP) is 8.87. The van der Waals surface area contributed by atoms with Crippen LogP contribution in [0.15, 0.2) is 30.3 Å². The molecule has 1 aromatic rings. The summed E-state index contributed by atoms with van der Waals surface area (Å²) in [6.45, 7) is 4.61. The normalized spacial score (nSPS) is 11.4. The molecule has 0 heterocycles. The Morgan fingerprint density at radius 3 is 1.36 bits per heavy atom. The van der Waals surface area contributed by atoms with Gasteiger partial charge in [-0.2, -0.15) is 0 Å². The van der Waals surface area contributed by atoms with Crippen molar-refractivity contribution in [2.45, 2.75) is 134 Å². The van der Waals surface area contributed by atoms with Gasteiger partial charge in [0.2, 0.25) is 0 Å². The van der Waals surface area contributed by atoms with E-state index in [9.17, 15) is 0 Å². The summed E-state index contributed by atoms with van der Waals surface area (Å²) in [6, 6.07) is 11.3. The van der Waals surface area contributed by atoms with Crippen LogP contribution in [-0.2, 0) is 0 Å². The maximum absolute atomic E-state index is 2.36. The van der Waals surface area contributed by atoms with Gasteiger partial charge in [0.1, 0.15) is 0 Å². The van der Waals surface area contributed by atoms with Crippen molar-refractivity contribution >= 4 is 19.4 Å². The molecule has 0 radical (unpaired) electrons. The average molecular weight is 452 g/mol. The third-order valence-electron chi connectivity index (χ3n) is 5.81. The van der Waals surface area contributed by atoms with Crippen molar-refractivity contribution in [2.75, 3.05) is 0 Å². The van der Waals surface area contributed by atoms with Crippen molar-refractivity contribution in [1.82, 2.24) is 0 Å². The second-order valence-electron chi connectivity index (χ2n) is 8.58. The van der Waals surface area contributed by atoms with Crippen molar-refractivity contribution in [3.63, 3.8) is 0 Å². The molecule has 0 fully saturated rings. The Hall–Kier alpha value is -0.261. The Morgan fingerprint density at radius 2 is 0.929 bits per heavy atom. The third-order valence-corrected chi connectivity index (χ3v) is 8.64. The van der Waals surface area contributed by atoms with Crippen molar-refractivity contribution in [2.24, 2.45) is 0 Å². The van der Waals surface area contributed by atoms with Crippen molar-refractivity contribution in [1.29, 1.82) is 0 Å². The van der Waals surface area contributed by atoms with Crippen LogP contribution in [0.25, 0.3) is 0 Å². The first-order chi connectivity index (χ1) is 13.9. The SMILES string of the molecule is CCCCCCCCCCC(CCCCCCCCCC)[Se]c1ccccc1. The Bertz CT molecular complexity index is 394. The molecule has 0 aromatic heterocycles. The molecule has 0 nitrogen and oxygen atoms in total. The number of hydrogen-bond acceptors (Lipinski definition) is 0. The molecular formula is C27H48Se. The summed E-state index contributed by atoms with van der Waals surface area (Å²) in [6.07, 6.45) is 26.1. The molecule has 0 saturated heterocycles. The van der Waals surface area contributed by atoms with E-state index < -0.39 is 0 Å². The van der Waals surface area contributed by atoms with Gasteiger partial charge in [-0.25, -0.2) is 0 Å². The van der Waals surface area contributed by atoms with Crippen LogP contribution in [0.5, 0.6) is 0 Å². The zero-order valence-electron chi connectivity index (χ0n) is 19.1. The van der Waals surface area contributed by atoms with Crippen LogP contribution < -0.4 is 4.46 Å². The van der Waals surface area contributed by atoms with E-state index in [2.05, 4.69) is 44.2 Å². The number of hydrogen-bond donors (Lipinski definition) is 0. The van der Waals surface area contributed by atoms with Gasteiger partial charge in [0.05, 0.1) is 0 Å². The predicted molar refractivity (Wildman–Crippen MR) is 130 cm³/mol. The van der Waals surface area contributed by atoms with Crippen molar-refractivity contribution in [3.8, 4) is 0 Å². The van der Waals surface area contributed by atoms with E-state index in [1.807, 2.05) is 0 Å². The van der Waals surface area contributed by atoms with Crippen LogP contribution in [0.1, 0.15) is 129 Å². The van der Waals surface area contributed by atoms with Gasteiger partial charge < -0.3 is 0 Å². The van der Waals surface area contributed by atoms with Gasteiger partial charge in [0, 0.05) is 0 Å². The van der Waals surface area contributed by atoms with Crippen LogP contribution in [0, 0.1) is 0 Å². The van der Waals surface area contributed by atoms with Gasteiger partial charge in [-0.3, -0.25) is 0 Å². The molecule has 0 unspecified atom stereocenters. The van der Waals surface area contributed by atoms with E-state index in [0.29, 0.717) is 15.0 Å². The summed E-state index contributed by atoms with van der Waals surface area (Å²) in [7, 11) is 0. The van der Waals surface area contributed by atoms with Gasteiger partial charge >= 0.3 is 184 Å². The van der Waals surface area contributed by atoms with Gasteiger partial charge in [0.25, 0.3) is 0 Å². The third kappa shape index (κ3) is 15.6. The van der Waals surface area contributed by atoms with Gasteiger partial charge in [-0.1, -0.05) is 0 Å². The molecule has 162 valence electrons. The fourth-order valence-electron chi connectivity index (χ4n) is 3.97. The first kappa shape index (κ1) is 25.8. The van der Waals surface area contributed by atoms with Crippen LogP contribution >= 0.6 is 0 Å². The van der Waals surface area contributed by atoms with Crippen molar-refractivity contribution in [3.05, 3.63) is 30.3 Å². The fourth-order valence-corrected chi connectivity index (χ4v) is 6.63. The fraction of sp³-hybridized carbons (Fsp3) is 0.778. The molecule has 0 aliphatic heterocycles. The van der Waals surface area contributed by atoms with E-state index in [1.165, 1.54) is 116 Å². The zero-order chi connectivity index (χ0) is 20.1. The number of unbranched alkanes of at least 4 members (excludes halogenated alkanes) is 14. The van der Waals surface area contributed by atoms with E-state index in [1.54, 1.807) is 4.46 Å². The first-order valence-corrected chi connectivity index (χ1v) is 14.4. The molecule has 0 amide bonds. The first-order valence-electron chi connectivity index (χ1n) is 12.6. The van der Waals surface area contributed by atoms with Crippen molar-refractivity contribution < 1.29 is 0 Å². The molecule has 28 heavy (non-hydrogen) atoms. The van der Waals surface area contributed by atoms with E-state index >= 15 is 0 Å². The molecule has 1 heteroatoms. The molecule has 0 spiro atoms. The Morgan fingerprint density at radius 1 is 0.536 bits per heavy atom. The minimum atomic E-state index is 0.670. The Labute approximate surface area is 183 Å². The molecular weight excluding hydrogens is 403 g/mol. The number of rotatable bonds is 20. The quantitative estimate of drug-likeness (QED) is 0.137. The summed E-state index contributed by atoms with van der Waals surface area (Å²) < 4.78 is 1.61. The second kappa shape index (κ2) is 20.0. The molecule has 1 rings (SSSR count). The molecule has 0 aliphatic rings. The van der Waals surface area contributed by atoms with E-state index in [4.69, 9.17) is 0 Å². The second-order valence-corrected chi connectivity index (χ2v) is 11.5. The minimum absolute atomic E-state index is 0.670. The standard InChI is InChI=1S/C27H48Se/c1-3-5-7-9-11-13-15-18-22-26(28-27-24-20-17-21-25-27)23-19-16-14-12-10-8-6-4-2/h17,20-21,24-26H,3-16,18-19,22-23H2,1-2H3. The summed E-state index contributed by atoms with van der Waals surface area (Å²) in [5, 5.41) is 0. The monoisotopic (exact) mass is 452 g/mol. The van der Waals surface area contributed by atoms with E-state index in [-0.39, 0.29) is 0 Å². The molecule has 0 saturated carbocycles. The van der Waals surface area contributed by atoms with Gasteiger partial charge in [0.15, 0.2) is 0 Å². The van der Waals surface area contributed by atoms with Crippen LogP contribution in [0.3, 0.4) is 0 Å². The summed E-state index contributed by atoms with van der Waals surface area (Å²) in [5.41, 5.74) is 0. The molecule has 1 aromatic carbocycles. The Balaban J connectivity index is 2.17. The Kier molecular flexibility index (Phi) is 18.4. The summed E-state index contributed by atoms with van der Waals surface area (Å²) in [5.74, 6) is 0. The maximum atomic E-state index is 2.36. The molecule has 0 N–H and O–H groups in total. The number of benzene rings is 1. The average Bonchev–Trinajstić information content (AvgIpc) is 2.72. The van der Waals surface area contributed by atoms with Gasteiger partial charge in [-0.05, 0) is 0 Å². The molecule has 0 bridgehead atoms. The molecule has 0 aliphatic carbocycles. The van der Waals surface area contributed by atoms with Crippen LogP contribution in [0.4, 0.5) is 0 Å². The molecule has 0 atom stereocenters. The van der Waals surface area contributed by atoms with Crippen LogP contribution in [0.2, 0.25) is 4.82 Å². The topological polar surface area (TPSA) is 0 Å². The summed E-state index contributed by atoms with van der Waals surface area (Å²) >= 11 is 0.670. The van der Waals surface area contributed by atoms with Gasteiger partial charge in [-0.15, -0.1) is 0 Å². The van der Waals surface area contributed by atoms with Crippen LogP contribution in [-0.4, -0.2) is 15.0 Å².